The van der Waals surface area contributed by atoms with Crippen molar-refractivity contribution in [2.24, 2.45) is 15.9 Å². The zero-order chi connectivity index (χ0) is 18.9. The van der Waals surface area contributed by atoms with E-state index >= 15 is 0 Å². The SMILES string of the molecule is C.C.C.C.C.C.C.C.C.C.C.N#COCOC(=O)CC(CC(=O)OCN=C=O)CC(=O)OCN=C=O. The van der Waals surface area contributed by atoms with Crippen LogP contribution in [0.15, 0.2) is 9.98 Å². The van der Waals surface area contributed by atoms with E-state index in [0.717, 1.165) is 0 Å². The Bertz CT molecular complexity index is 572. The molecule has 0 aromatic rings. The number of hydrogen-bond donors (Lipinski definition) is 0. The van der Waals surface area contributed by atoms with Crippen LogP contribution in [0.25, 0.3) is 0 Å². The maximum Gasteiger partial charge on any atom is 0.308 e. The van der Waals surface area contributed by atoms with Crippen LogP contribution in [-0.2, 0) is 42.9 Å². The second kappa shape index (κ2) is 53.0. The van der Waals surface area contributed by atoms with Gasteiger partial charge in [0.1, 0.15) is 0 Å². The van der Waals surface area contributed by atoms with Gasteiger partial charge in [-0.05, 0) is 5.92 Å². The van der Waals surface area contributed by atoms with E-state index in [9.17, 15) is 24.0 Å². The van der Waals surface area contributed by atoms with Crippen molar-refractivity contribution in [2.45, 2.75) is 101 Å². The predicted molar refractivity (Wildman–Crippen MR) is 147 cm³/mol. The molecule has 0 heterocycles. The second-order valence-corrected chi connectivity index (χ2v) is 4.14. The molecule has 0 spiro atoms. The van der Waals surface area contributed by atoms with Gasteiger partial charge in [0, 0.05) is 19.3 Å². The Morgan fingerprint density at radius 3 is 1.19 bits per heavy atom. The normalized spacial score (nSPS) is 6.97. The molecule has 12 heteroatoms. The molecular formula is C24H57N3O9. The Kier molecular flexibility index (Phi) is 113. The maximum absolute atomic E-state index is 11.6. The number of nitriles is 1. The Hall–Kier alpha value is -3.54. The fraction of sp³-hybridized carbons (Fsp3) is 0.750. The first kappa shape index (κ1) is 76.7. The number of carbonyl (C=O) groups excluding carboxylic acids is 5. The van der Waals surface area contributed by atoms with Gasteiger partial charge >= 0.3 is 17.9 Å². The second-order valence-electron chi connectivity index (χ2n) is 4.14. The Balaban J connectivity index is -0.0000000524. The molecule has 0 aromatic heterocycles. The van der Waals surface area contributed by atoms with Crippen molar-refractivity contribution in [3.63, 3.8) is 0 Å². The molecule has 0 aliphatic carbocycles. The largest absolute Gasteiger partial charge is 0.442 e. The van der Waals surface area contributed by atoms with E-state index < -0.39 is 44.1 Å². The molecule has 0 atom stereocenters. The lowest BCUT2D eigenvalue weighted by atomic mass is 9.97. The van der Waals surface area contributed by atoms with Gasteiger partial charge < -0.3 is 18.9 Å². The van der Waals surface area contributed by atoms with Crippen molar-refractivity contribution in [1.29, 1.82) is 5.26 Å². The van der Waals surface area contributed by atoms with Gasteiger partial charge in [-0.3, -0.25) is 14.4 Å². The van der Waals surface area contributed by atoms with Crippen LogP contribution in [0.4, 0.5) is 0 Å². The van der Waals surface area contributed by atoms with Crippen LogP contribution in [0, 0.1) is 17.4 Å². The zero-order valence-electron chi connectivity index (χ0n) is 12.8. The number of nitrogens with zero attached hydrogens (tertiary/aromatic N) is 3. The molecule has 0 N–H and O–H groups in total. The van der Waals surface area contributed by atoms with E-state index in [1.807, 2.05) is 0 Å². The van der Waals surface area contributed by atoms with Gasteiger partial charge in [-0.25, -0.2) is 9.59 Å². The van der Waals surface area contributed by atoms with Crippen molar-refractivity contribution < 1.29 is 42.9 Å². The maximum atomic E-state index is 11.6. The summed E-state index contributed by atoms with van der Waals surface area (Å²) in [5, 5.41) is 8.15. The molecule has 0 radical (unpaired) electrons. The van der Waals surface area contributed by atoms with Crippen LogP contribution in [0.5, 0.6) is 0 Å². The molecule has 0 saturated carbocycles. The smallest absolute Gasteiger partial charge is 0.308 e. The molecule has 0 saturated heterocycles. The molecule has 0 fully saturated rings. The minimum absolute atomic E-state index is 0. The molecule has 222 valence electrons. The lowest BCUT2D eigenvalue weighted by Gasteiger charge is -2.14. The highest BCUT2D eigenvalue weighted by Gasteiger charge is 2.23. The number of isocyanates is 2. The minimum Gasteiger partial charge on any atom is -0.442 e. The Morgan fingerprint density at radius 2 is 0.917 bits per heavy atom. The Morgan fingerprint density at radius 1 is 0.611 bits per heavy atom. The quantitative estimate of drug-likeness (QED) is 0.0518. The molecule has 0 unspecified atom stereocenters. The van der Waals surface area contributed by atoms with E-state index in [0.29, 0.717) is 0 Å². The zero-order valence-corrected chi connectivity index (χ0v) is 12.8. The van der Waals surface area contributed by atoms with Crippen molar-refractivity contribution >= 4 is 30.1 Å². The third-order valence-corrected chi connectivity index (χ3v) is 2.42. The highest BCUT2D eigenvalue weighted by atomic mass is 16.7. The molecule has 0 aromatic carbocycles. The average molecular weight is 532 g/mol. The van der Waals surface area contributed by atoms with Gasteiger partial charge in [-0.15, -0.1) is 0 Å². The van der Waals surface area contributed by atoms with E-state index in [1.54, 1.807) is 0 Å². The lowest BCUT2D eigenvalue weighted by Crippen LogP contribution is -2.21. The van der Waals surface area contributed by atoms with Gasteiger partial charge in [-0.1, -0.05) is 81.7 Å². The topological polar surface area (TPSA) is 171 Å². The fourth-order valence-electron chi connectivity index (χ4n) is 1.48. The highest BCUT2D eigenvalue weighted by Crippen LogP contribution is 2.16. The summed E-state index contributed by atoms with van der Waals surface area (Å²) in [4.78, 5) is 60.4. The van der Waals surface area contributed by atoms with Crippen molar-refractivity contribution in [2.75, 3.05) is 20.3 Å². The first-order chi connectivity index (χ1) is 12.0. The Labute approximate surface area is 222 Å². The molecule has 12 nitrogen and oxygen atoms in total. The lowest BCUT2D eigenvalue weighted by molar-refractivity contribution is -0.154. The summed E-state index contributed by atoms with van der Waals surface area (Å²) in [7, 11) is 0. The molecule has 36 heavy (non-hydrogen) atoms. The number of esters is 3. The summed E-state index contributed by atoms with van der Waals surface area (Å²) >= 11 is 0. The van der Waals surface area contributed by atoms with Crippen LogP contribution < -0.4 is 0 Å². The van der Waals surface area contributed by atoms with Crippen molar-refractivity contribution in [1.82, 2.24) is 0 Å². The summed E-state index contributed by atoms with van der Waals surface area (Å²) in [6.45, 7) is -1.71. The molecule has 0 amide bonds. The van der Waals surface area contributed by atoms with Crippen LogP contribution in [0.2, 0.25) is 0 Å². The summed E-state index contributed by atoms with van der Waals surface area (Å²) < 4.78 is 17.8. The van der Waals surface area contributed by atoms with Crippen LogP contribution in [0.3, 0.4) is 0 Å². The third kappa shape index (κ3) is 48.0. The van der Waals surface area contributed by atoms with Crippen molar-refractivity contribution in [3.8, 4) is 6.26 Å². The van der Waals surface area contributed by atoms with Gasteiger partial charge in [0.05, 0.1) is 0 Å². The monoisotopic (exact) mass is 531 g/mol. The summed E-state index contributed by atoms with van der Waals surface area (Å²) in [5.74, 6) is -3.36. The van der Waals surface area contributed by atoms with Crippen LogP contribution in [0.1, 0.15) is 101 Å². The summed E-state index contributed by atoms with van der Waals surface area (Å²) in [6.07, 6.45) is 2.48. The predicted octanol–water partition coefficient (Wildman–Crippen LogP) is 6.44. The van der Waals surface area contributed by atoms with Gasteiger partial charge in [0.15, 0.2) is 13.5 Å². The molecule has 0 rings (SSSR count). The number of rotatable bonds is 12. The number of hydrogen-bond acceptors (Lipinski definition) is 12. The number of ether oxygens (including phenoxy) is 4. The number of aliphatic imine (C=N–C) groups is 2. The molecule has 0 bridgehead atoms. The number of carbonyl (C=O) groups is 3. The van der Waals surface area contributed by atoms with E-state index in [2.05, 4.69) is 28.9 Å². The molecule has 0 aliphatic rings. The van der Waals surface area contributed by atoms with Crippen LogP contribution in [-0.4, -0.2) is 50.3 Å². The van der Waals surface area contributed by atoms with E-state index in [4.69, 9.17) is 5.26 Å². The fourth-order valence-corrected chi connectivity index (χ4v) is 1.48. The average Bonchev–Trinajstić information content (AvgIpc) is 2.55. The van der Waals surface area contributed by atoms with E-state index in [-0.39, 0.29) is 101 Å². The van der Waals surface area contributed by atoms with Gasteiger partial charge in [0.2, 0.25) is 19.0 Å². The first-order valence-corrected chi connectivity index (χ1v) is 6.58. The van der Waals surface area contributed by atoms with Gasteiger partial charge in [-0.2, -0.15) is 15.2 Å². The first-order valence-electron chi connectivity index (χ1n) is 6.58. The minimum atomic E-state index is -0.866. The van der Waals surface area contributed by atoms with Crippen LogP contribution >= 0.6 is 0 Å². The summed E-state index contributed by atoms with van der Waals surface area (Å²) in [5.41, 5.74) is 0. The van der Waals surface area contributed by atoms with Gasteiger partial charge in [0.25, 0.3) is 6.26 Å². The summed E-state index contributed by atoms with van der Waals surface area (Å²) in [6, 6.07) is 0. The highest BCUT2D eigenvalue weighted by molar-refractivity contribution is 5.76. The molecular weight excluding hydrogens is 474 g/mol. The van der Waals surface area contributed by atoms with E-state index in [1.165, 1.54) is 18.4 Å². The molecule has 0 aliphatic heterocycles. The standard InChI is InChI=1S/C13H13N3O9.11CH4/c14-4-22-9-25-13(21)3-10(1-11(19)23-7-15-5-17)2-12(20)24-8-16-6-18;;;;;;;;;;;/h10H,1-3,7-9H2;11*1H4. The van der Waals surface area contributed by atoms with Crippen molar-refractivity contribution in [3.05, 3.63) is 0 Å². The third-order valence-electron chi connectivity index (χ3n) is 2.42.